The van der Waals surface area contributed by atoms with Gasteiger partial charge in [-0.25, -0.2) is 4.98 Å². The zero-order valence-corrected chi connectivity index (χ0v) is 7.33. The number of hydrogen-bond acceptors (Lipinski definition) is 3. The van der Waals surface area contributed by atoms with Gasteiger partial charge in [0, 0.05) is 18.9 Å². The summed E-state index contributed by atoms with van der Waals surface area (Å²) in [6.07, 6.45) is 1.21. The molecule has 0 radical (unpaired) electrons. The second kappa shape index (κ2) is 2.76. The van der Waals surface area contributed by atoms with Gasteiger partial charge in [-0.3, -0.25) is 9.59 Å². The molecule has 66 valence electrons. The van der Waals surface area contributed by atoms with Gasteiger partial charge in [-0.05, 0) is 18.6 Å². The van der Waals surface area contributed by atoms with Crippen molar-refractivity contribution >= 4 is 11.6 Å². The highest BCUT2D eigenvalue weighted by Crippen LogP contribution is 2.20. The predicted octanol–water partition coefficient (Wildman–Crippen LogP) is 1.41. The van der Waals surface area contributed by atoms with Crippen molar-refractivity contribution in [1.29, 1.82) is 0 Å². The molecule has 0 amide bonds. The Kier molecular flexibility index (Phi) is 1.72. The molecule has 1 aromatic rings. The highest BCUT2D eigenvalue weighted by Gasteiger charge is 2.21. The Bertz CT molecular complexity index is 396. The van der Waals surface area contributed by atoms with Crippen molar-refractivity contribution in [3.05, 3.63) is 29.1 Å². The van der Waals surface area contributed by atoms with Crippen LogP contribution in [0.5, 0.6) is 0 Å². The van der Waals surface area contributed by atoms with Crippen LogP contribution in [0.3, 0.4) is 0 Å². The fraction of sp³-hybridized carbons (Fsp3) is 0.300. The summed E-state index contributed by atoms with van der Waals surface area (Å²) >= 11 is 0. The molecule has 13 heavy (non-hydrogen) atoms. The summed E-state index contributed by atoms with van der Waals surface area (Å²) < 4.78 is 0. The maximum atomic E-state index is 11.2. The molecule has 1 aliphatic carbocycles. The van der Waals surface area contributed by atoms with Gasteiger partial charge in [-0.15, -0.1) is 0 Å². The number of ketones is 2. The number of hydrogen-bond donors (Lipinski definition) is 0. The number of pyridine rings is 1. The van der Waals surface area contributed by atoms with Gasteiger partial charge < -0.3 is 0 Å². The van der Waals surface area contributed by atoms with E-state index in [1.54, 1.807) is 12.1 Å². The maximum Gasteiger partial charge on any atom is 0.178 e. The molecule has 0 N–H and O–H groups in total. The van der Waals surface area contributed by atoms with Gasteiger partial charge >= 0.3 is 0 Å². The van der Waals surface area contributed by atoms with Crippen molar-refractivity contribution in [2.75, 3.05) is 0 Å². The van der Waals surface area contributed by atoms with E-state index in [9.17, 15) is 9.59 Å². The Morgan fingerprint density at radius 1 is 1.38 bits per heavy atom. The first-order chi connectivity index (χ1) is 6.18. The smallest absolute Gasteiger partial charge is 0.178 e. The molecule has 0 bridgehead atoms. The summed E-state index contributed by atoms with van der Waals surface area (Å²) in [7, 11) is 0. The summed E-state index contributed by atoms with van der Waals surface area (Å²) in [6.45, 7) is 1.48. The monoisotopic (exact) mass is 175 g/mol. The topological polar surface area (TPSA) is 47.0 Å². The van der Waals surface area contributed by atoms with E-state index in [0.717, 1.165) is 5.69 Å². The molecule has 0 spiro atoms. The number of Topliss-reactive ketones (excluding diaryl/α,β-unsaturated/α-hetero) is 2. The van der Waals surface area contributed by atoms with Crippen molar-refractivity contribution < 1.29 is 9.59 Å². The maximum absolute atomic E-state index is 11.2. The van der Waals surface area contributed by atoms with E-state index >= 15 is 0 Å². The van der Waals surface area contributed by atoms with E-state index < -0.39 is 0 Å². The van der Waals surface area contributed by atoms with Crippen LogP contribution in [0.25, 0.3) is 0 Å². The molecule has 1 aromatic heterocycles. The molecule has 0 aliphatic heterocycles. The second-order valence-corrected chi connectivity index (χ2v) is 3.17. The van der Waals surface area contributed by atoms with Gasteiger partial charge in [-0.1, -0.05) is 0 Å². The first-order valence-electron chi connectivity index (χ1n) is 4.22. The zero-order valence-electron chi connectivity index (χ0n) is 7.33. The van der Waals surface area contributed by atoms with Crippen LogP contribution in [0.15, 0.2) is 12.1 Å². The highest BCUT2D eigenvalue weighted by molar-refractivity contribution is 6.01. The second-order valence-electron chi connectivity index (χ2n) is 3.17. The quantitative estimate of drug-likeness (QED) is 0.606. The van der Waals surface area contributed by atoms with Crippen molar-refractivity contribution in [2.24, 2.45) is 0 Å². The third-order valence-corrected chi connectivity index (χ3v) is 2.22. The van der Waals surface area contributed by atoms with Crippen molar-refractivity contribution in [1.82, 2.24) is 4.98 Å². The van der Waals surface area contributed by atoms with E-state index in [4.69, 9.17) is 0 Å². The third-order valence-electron chi connectivity index (χ3n) is 2.22. The number of aryl methyl sites for hydroxylation is 1. The summed E-state index contributed by atoms with van der Waals surface area (Å²) in [4.78, 5) is 26.3. The minimum Gasteiger partial charge on any atom is -0.294 e. The molecular formula is C10H9NO2. The van der Waals surface area contributed by atoms with E-state index in [1.165, 1.54) is 6.92 Å². The van der Waals surface area contributed by atoms with Crippen molar-refractivity contribution in [3.8, 4) is 0 Å². The lowest BCUT2D eigenvalue weighted by Gasteiger charge is -1.98. The predicted molar refractivity (Wildman–Crippen MR) is 46.9 cm³/mol. The Hall–Kier alpha value is -1.51. The van der Waals surface area contributed by atoms with Crippen LogP contribution in [-0.4, -0.2) is 16.6 Å². The number of carbonyl (C=O) groups excluding carboxylic acids is 2. The van der Waals surface area contributed by atoms with Crippen LogP contribution < -0.4 is 0 Å². The molecule has 3 nitrogen and oxygen atoms in total. The standard InChI is InChI=1S/C10H9NO2/c1-6(12)8-3-2-7-9(11-8)4-5-10(7)13/h2-3H,4-5H2,1H3. The van der Waals surface area contributed by atoms with Gasteiger partial charge in [0.05, 0.1) is 5.69 Å². The third kappa shape index (κ3) is 1.26. The van der Waals surface area contributed by atoms with Crippen LogP contribution in [0.2, 0.25) is 0 Å². The molecule has 0 atom stereocenters. The minimum absolute atomic E-state index is 0.0536. The van der Waals surface area contributed by atoms with Gasteiger partial charge in [0.1, 0.15) is 5.69 Å². The Morgan fingerprint density at radius 3 is 2.85 bits per heavy atom. The summed E-state index contributed by atoms with van der Waals surface area (Å²) in [5.74, 6) is 0.0831. The summed E-state index contributed by atoms with van der Waals surface area (Å²) in [5, 5.41) is 0. The molecule has 0 aromatic carbocycles. The van der Waals surface area contributed by atoms with Crippen molar-refractivity contribution in [3.63, 3.8) is 0 Å². The number of fused-ring (bicyclic) bond motifs is 1. The molecule has 1 heterocycles. The molecule has 0 unspecified atom stereocenters. The molecule has 1 aliphatic rings. The Balaban J connectivity index is 2.51. The lowest BCUT2D eigenvalue weighted by atomic mass is 10.2. The number of nitrogens with zero attached hydrogens (tertiary/aromatic N) is 1. The number of carbonyl (C=O) groups is 2. The normalized spacial score (nSPS) is 14.4. The molecule has 0 saturated heterocycles. The van der Waals surface area contributed by atoms with Crippen LogP contribution in [0.1, 0.15) is 39.9 Å². The van der Waals surface area contributed by atoms with Crippen LogP contribution in [0.4, 0.5) is 0 Å². The number of rotatable bonds is 1. The average molecular weight is 175 g/mol. The van der Waals surface area contributed by atoms with Gasteiger partial charge in [0.25, 0.3) is 0 Å². The lowest BCUT2D eigenvalue weighted by molar-refractivity contribution is 0.0989. The van der Waals surface area contributed by atoms with Crippen LogP contribution >= 0.6 is 0 Å². The SMILES string of the molecule is CC(=O)c1ccc2c(n1)CCC2=O. The molecule has 3 heteroatoms. The summed E-state index contributed by atoms with van der Waals surface area (Å²) in [5.41, 5.74) is 1.91. The summed E-state index contributed by atoms with van der Waals surface area (Å²) in [6, 6.07) is 3.32. The van der Waals surface area contributed by atoms with E-state index in [2.05, 4.69) is 4.98 Å². The fourth-order valence-corrected chi connectivity index (χ4v) is 1.51. The van der Waals surface area contributed by atoms with Crippen LogP contribution in [-0.2, 0) is 6.42 Å². The first-order valence-corrected chi connectivity index (χ1v) is 4.22. The molecule has 2 rings (SSSR count). The average Bonchev–Trinajstić information content (AvgIpc) is 2.47. The van der Waals surface area contributed by atoms with Gasteiger partial charge in [-0.2, -0.15) is 0 Å². The Morgan fingerprint density at radius 2 is 2.15 bits per heavy atom. The molecule has 0 saturated carbocycles. The van der Waals surface area contributed by atoms with Crippen LogP contribution in [0, 0.1) is 0 Å². The fourth-order valence-electron chi connectivity index (χ4n) is 1.51. The van der Waals surface area contributed by atoms with E-state index in [-0.39, 0.29) is 11.6 Å². The number of aromatic nitrogens is 1. The molecule has 0 fully saturated rings. The largest absolute Gasteiger partial charge is 0.294 e. The van der Waals surface area contributed by atoms with E-state index in [1.807, 2.05) is 0 Å². The first kappa shape index (κ1) is 8.10. The molecular weight excluding hydrogens is 166 g/mol. The lowest BCUT2D eigenvalue weighted by Crippen LogP contribution is -2.00. The van der Waals surface area contributed by atoms with Gasteiger partial charge in [0.2, 0.25) is 0 Å². The van der Waals surface area contributed by atoms with Gasteiger partial charge in [0.15, 0.2) is 11.6 Å². The zero-order chi connectivity index (χ0) is 9.42. The highest BCUT2D eigenvalue weighted by atomic mass is 16.1. The Labute approximate surface area is 75.8 Å². The van der Waals surface area contributed by atoms with Crippen molar-refractivity contribution in [2.45, 2.75) is 19.8 Å². The minimum atomic E-state index is -0.0536. The van der Waals surface area contributed by atoms with E-state index in [0.29, 0.717) is 24.1 Å².